The van der Waals surface area contributed by atoms with Crippen LogP contribution in [-0.2, 0) is 9.59 Å². The summed E-state index contributed by atoms with van der Waals surface area (Å²) in [5.74, 6) is -1.97. The summed E-state index contributed by atoms with van der Waals surface area (Å²) in [5.41, 5.74) is 4.29. The van der Waals surface area contributed by atoms with Crippen molar-refractivity contribution in [3.63, 3.8) is 0 Å². The fourth-order valence-corrected chi connectivity index (χ4v) is 6.35. The summed E-state index contributed by atoms with van der Waals surface area (Å²) in [5, 5.41) is 33.9. The SMILES string of the molecule is CCC1=C([C@H](O)CC/C(=C/c2ccc(O)c3ccccc23)c2ccccn2)[C@H](CO)[C@@H]2C(=O)N(C)C(=O)[C@@H]2C1. The molecule has 5 rings (SSSR count). The third-order valence-corrected chi connectivity index (χ3v) is 8.33. The highest BCUT2D eigenvalue weighted by molar-refractivity contribution is 6.05. The average Bonchev–Trinajstić information content (AvgIpc) is 3.19. The van der Waals surface area contributed by atoms with Crippen LogP contribution in [0, 0.1) is 17.8 Å². The molecule has 0 bridgehead atoms. The van der Waals surface area contributed by atoms with Crippen molar-refractivity contribution in [3.8, 4) is 5.75 Å². The first-order valence-electron chi connectivity index (χ1n) is 13.5. The maximum absolute atomic E-state index is 12.9. The van der Waals surface area contributed by atoms with E-state index < -0.39 is 23.9 Å². The number of aliphatic hydroxyl groups excluding tert-OH is 2. The Balaban J connectivity index is 1.48. The highest BCUT2D eigenvalue weighted by Crippen LogP contribution is 2.46. The number of hydrogen-bond acceptors (Lipinski definition) is 6. The van der Waals surface area contributed by atoms with Gasteiger partial charge < -0.3 is 15.3 Å². The number of pyridine rings is 1. The highest BCUT2D eigenvalue weighted by atomic mass is 16.3. The van der Waals surface area contributed by atoms with Gasteiger partial charge in [-0.25, -0.2) is 0 Å². The van der Waals surface area contributed by atoms with Crippen LogP contribution in [0.5, 0.6) is 5.75 Å². The normalized spacial score (nSPS) is 22.5. The Morgan fingerprint density at radius 3 is 2.51 bits per heavy atom. The lowest BCUT2D eigenvalue weighted by Gasteiger charge is -2.36. The summed E-state index contributed by atoms with van der Waals surface area (Å²) in [4.78, 5) is 31.4. The molecule has 1 aromatic heterocycles. The maximum Gasteiger partial charge on any atom is 0.233 e. The number of aromatic hydroxyl groups is 1. The molecule has 4 atom stereocenters. The second-order valence-corrected chi connectivity index (χ2v) is 10.4. The van der Waals surface area contributed by atoms with Gasteiger partial charge in [-0.3, -0.25) is 19.5 Å². The summed E-state index contributed by atoms with van der Waals surface area (Å²) in [6, 6.07) is 16.9. The summed E-state index contributed by atoms with van der Waals surface area (Å²) in [7, 11) is 1.50. The van der Waals surface area contributed by atoms with E-state index in [4.69, 9.17) is 0 Å². The number of allylic oxidation sites excluding steroid dienone is 2. The Morgan fingerprint density at radius 1 is 1.08 bits per heavy atom. The number of aliphatic hydroxyl groups is 2. The van der Waals surface area contributed by atoms with Gasteiger partial charge in [-0.15, -0.1) is 0 Å². The number of carbonyl (C=O) groups is 2. The summed E-state index contributed by atoms with van der Waals surface area (Å²) < 4.78 is 0. The number of imide groups is 1. The first-order valence-corrected chi connectivity index (χ1v) is 13.5. The molecule has 2 aromatic carbocycles. The van der Waals surface area contributed by atoms with Crippen LogP contribution in [0.15, 0.2) is 71.9 Å². The molecule has 0 radical (unpaired) electrons. The van der Waals surface area contributed by atoms with Crippen LogP contribution in [0.4, 0.5) is 0 Å². The Bertz CT molecular complexity index is 1460. The molecule has 7 heteroatoms. The van der Waals surface area contributed by atoms with Crippen molar-refractivity contribution < 1.29 is 24.9 Å². The van der Waals surface area contributed by atoms with Crippen molar-refractivity contribution in [2.24, 2.45) is 17.8 Å². The number of phenols is 1. The van der Waals surface area contributed by atoms with Crippen LogP contribution >= 0.6 is 0 Å². The number of amides is 2. The van der Waals surface area contributed by atoms with E-state index in [1.54, 1.807) is 12.3 Å². The second kappa shape index (κ2) is 11.1. The first kappa shape index (κ1) is 26.8. The summed E-state index contributed by atoms with van der Waals surface area (Å²) >= 11 is 0. The smallest absolute Gasteiger partial charge is 0.233 e. The number of benzene rings is 2. The molecule has 1 saturated heterocycles. The molecule has 2 aliphatic rings. The predicted molar refractivity (Wildman–Crippen MR) is 150 cm³/mol. The third-order valence-electron chi connectivity index (χ3n) is 8.33. The van der Waals surface area contributed by atoms with Crippen LogP contribution < -0.4 is 0 Å². The van der Waals surface area contributed by atoms with Gasteiger partial charge in [-0.05, 0) is 72.1 Å². The average molecular weight is 527 g/mol. The van der Waals surface area contributed by atoms with Gasteiger partial charge in [0.25, 0.3) is 0 Å². The molecular weight excluding hydrogens is 492 g/mol. The molecule has 0 spiro atoms. The third kappa shape index (κ3) is 4.88. The topological polar surface area (TPSA) is 111 Å². The lowest BCUT2D eigenvalue weighted by molar-refractivity contribution is -0.138. The molecule has 0 unspecified atom stereocenters. The number of nitrogens with zero attached hydrogens (tertiary/aromatic N) is 2. The van der Waals surface area contributed by atoms with Crippen LogP contribution in [0.3, 0.4) is 0 Å². The number of aromatic nitrogens is 1. The van der Waals surface area contributed by atoms with E-state index in [-0.39, 0.29) is 24.2 Å². The Hall–Kier alpha value is -3.81. The van der Waals surface area contributed by atoms with Crippen LogP contribution in [0.2, 0.25) is 0 Å². The number of rotatable bonds is 8. The molecule has 202 valence electrons. The first-order chi connectivity index (χ1) is 18.8. The van der Waals surface area contributed by atoms with E-state index in [2.05, 4.69) is 4.98 Å². The number of phenolic OH excluding ortho intramolecular Hbond substituents is 1. The zero-order valence-corrected chi connectivity index (χ0v) is 22.2. The maximum atomic E-state index is 12.9. The van der Waals surface area contributed by atoms with E-state index in [0.717, 1.165) is 33.2 Å². The fraction of sp³-hybridized carbons (Fsp3) is 0.344. The predicted octanol–water partition coefficient (Wildman–Crippen LogP) is 4.57. The molecule has 39 heavy (non-hydrogen) atoms. The van der Waals surface area contributed by atoms with Crippen LogP contribution in [-0.4, -0.2) is 56.8 Å². The van der Waals surface area contributed by atoms with Gasteiger partial charge in [0.1, 0.15) is 5.75 Å². The molecule has 1 fully saturated rings. The minimum absolute atomic E-state index is 0.204. The zero-order valence-electron chi connectivity index (χ0n) is 22.2. The molecule has 0 saturated carbocycles. The molecule has 1 aliphatic heterocycles. The monoisotopic (exact) mass is 526 g/mol. The standard InChI is InChI=1S/C32H34N2O5/c1-3-19-17-24-30(32(39)34(2)31(24)38)25(18-35)29(19)28(37)14-12-21(26-10-6-7-15-33-26)16-20-11-13-27(36)23-9-5-4-8-22(20)23/h4-11,13,15-16,24-25,28,30,35-37H,3,12,14,17-18H2,1-2H3/b21-16-/t24-,25+,28-,30-/m1/s1. The van der Waals surface area contributed by atoms with Crippen molar-refractivity contribution in [1.82, 2.24) is 9.88 Å². The summed E-state index contributed by atoms with van der Waals surface area (Å²) in [6.07, 6.45) is 4.82. The lowest BCUT2D eigenvalue weighted by Crippen LogP contribution is -2.38. The number of likely N-dealkylation sites (tertiary alicyclic amines) is 1. The van der Waals surface area contributed by atoms with Crippen molar-refractivity contribution >= 4 is 34.2 Å². The lowest BCUT2D eigenvalue weighted by atomic mass is 9.67. The second-order valence-electron chi connectivity index (χ2n) is 10.4. The minimum atomic E-state index is -0.879. The quantitative estimate of drug-likeness (QED) is 0.293. The van der Waals surface area contributed by atoms with Crippen LogP contribution in [0.25, 0.3) is 22.4 Å². The molecule has 3 aromatic rings. The molecule has 7 nitrogen and oxygen atoms in total. The van der Waals surface area contributed by atoms with Crippen molar-refractivity contribution in [2.75, 3.05) is 13.7 Å². The Kier molecular flexibility index (Phi) is 7.64. The van der Waals surface area contributed by atoms with E-state index in [9.17, 15) is 24.9 Å². The van der Waals surface area contributed by atoms with Gasteiger partial charge in [0.15, 0.2) is 0 Å². The minimum Gasteiger partial charge on any atom is -0.507 e. The van der Waals surface area contributed by atoms with Gasteiger partial charge in [-0.2, -0.15) is 0 Å². The van der Waals surface area contributed by atoms with Crippen molar-refractivity contribution in [1.29, 1.82) is 0 Å². The summed E-state index contributed by atoms with van der Waals surface area (Å²) in [6.45, 7) is 1.68. The van der Waals surface area contributed by atoms with Gasteiger partial charge in [0.2, 0.25) is 11.8 Å². The van der Waals surface area contributed by atoms with Crippen molar-refractivity contribution in [3.05, 3.63) is 83.2 Å². The van der Waals surface area contributed by atoms with Crippen molar-refractivity contribution in [2.45, 2.75) is 38.7 Å². The van der Waals surface area contributed by atoms with Gasteiger partial charge >= 0.3 is 0 Å². The van der Waals surface area contributed by atoms with Gasteiger partial charge in [0, 0.05) is 24.5 Å². The Morgan fingerprint density at radius 2 is 1.82 bits per heavy atom. The molecule has 3 N–H and O–H groups in total. The fourth-order valence-electron chi connectivity index (χ4n) is 6.35. The largest absolute Gasteiger partial charge is 0.507 e. The number of carbonyl (C=O) groups excluding carboxylic acids is 2. The van der Waals surface area contributed by atoms with E-state index in [1.807, 2.05) is 61.5 Å². The van der Waals surface area contributed by atoms with Crippen LogP contribution in [0.1, 0.15) is 43.9 Å². The zero-order chi connectivity index (χ0) is 27.7. The molecular formula is C32H34N2O5. The highest BCUT2D eigenvalue weighted by Gasteiger charge is 2.53. The molecule has 2 amide bonds. The Labute approximate surface area is 228 Å². The van der Waals surface area contributed by atoms with E-state index >= 15 is 0 Å². The van der Waals surface area contributed by atoms with E-state index in [0.29, 0.717) is 31.3 Å². The van der Waals surface area contributed by atoms with E-state index in [1.165, 1.54) is 11.9 Å². The number of hydrogen-bond donors (Lipinski definition) is 3. The molecule has 1 aliphatic carbocycles. The van der Waals surface area contributed by atoms with Gasteiger partial charge in [-0.1, -0.05) is 48.9 Å². The van der Waals surface area contributed by atoms with Gasteiger partial charge in [0.05, 0.1) is 30.2 Å². The number of fused-ring (bicyclic) bond motifs is 2. The molecule has 2 heterocycles.